The van der Waals surface area contributed by atoms with E-state index in [0.29, 0.717) is 12.2 Å². The molecule has 9 nitrogen and oxygen atoms in total. The van der Waals surface area contributed by atoms with Gasteiger partial charge in [-0.05, 0) is 11.6 Å². The van der Waals surface area contributed by atoms with E-state index in [0.717, 1.165) is 16.7 Å². The number of piperidine rings is 1. The van der Waals surface area contributed by atoms with Gasteiger partial charge in [0.05, 0.1) is 18.1 Å². The highest BCUT2D eigenvalue weighted by Gasteiger charge is 2.24. The molecule has 0 aliphatic carbocycles. The fraction of sp³-hybridized carbons (Fsp3) is 0.286. The van der Waals surface area contributed by atoms with Crippen molar-refractivity contribution in [3.05, 3.63) is 60.0 Å². The van der Waals surface area contributed by atoms with E-state index in [1.807, 2.05) is 24.3 Å². The lowest BCUT2D eigenvalue weighted by molar-refractivity contribution is 0.0914. The lowest BCUT2D eigenvalue weighted by atomic mass is 10.0. The van der Waals surface area contributed by atoms with Crippen LogP contribution in [0.5, 0.6) is 0 Å². The van der Waals surface area contributed by atoms with Crippen molar-refractivity contribution in [1.82, 2.24) is 30.4 Å². The van der Waals surface area contributed by atoms with E-state index >= 15 is 0 Å². The highest BCUT2D eigenvalue weighted by atomic mass is 19.1. The Morgan fingerprint density at radius 3 is 2.97 bits per heavy atom. The number of carbonyl (C=O) groups is 1. The van der Waals surface area contributed by atoms with Gasteiger partial charge in [-0.25, -0.2) is 25.6 Å². The van der Waals surface area contributed by atoms with Crippen molar-refractivity contribution in [1.29, 1.82) is 0 Å². The van der Waals surface area contributed by atoms with Gasteiger partial charge in [0.1, 0.15) is 6.17 Å². The number of hydrogen-bond donors (Lipinski definition) is 3. The predicted molar refractivity (Wildman–Crippen MR) is 113 cm³/mol. The average molecular weight is 420 g/mol. The topological polar surface area (TPSA) is 115 Å². The smallest absolute Gasteiger partial charge is 0.307 e. The standard InChI is InChI=1S/C21H21FN8O/c1-24-12-30-11-15(7-27-30)13-3-2-4-14(5-13)18-10-26-20(23)19(29-18)21(31)28-17-6-16(22)8-25-9-17/h2-5,7,10-11,16-17,25H,6,8-9,12H2,(H2,23,26)(H,28,31)/t16-,17-/m0/s1. The first kappa shape index (κ1) is 20.4. The summed E-state index contributed by atoms with van der Waals surface area (Å²) >= 11 is 0. The molecule has 2 atom stereocenters. The quantitative estimate of drug-likeness (QED) is 0.543. The number of nitrogens with one attached hydrogen (secondary N) is 2. The number of hydrogen-bond acceptors (Lipinski definition) is 6. The first-order valence-electron chi connectivity index (χ1n) is 9.78. The van der Waals surface area contributed by atoms with Crippen molar-refractivity contribution >= 4 is 11.7 Å². The first-order chi connectivity index (χ1) is 15.0. The zero-order valence-electron chi connectivity index (χ0n) is 16.6. The van der Waals surface area contributed by atoms with Gasteiger partial charge in [0.25, 0.3) is 5.91 Å². The zero-order valence-corrected chi connectivity index (χ0v) is 16.6. The van der Waals surface area contributed by atoms with Crippen LogP contribution in [-0.2, 0) is 6.67 Å². The molecule has 0 unspecified atom stereocenters. The molecule has 2 aromatic heterocycles. The molecule has 3 aromatic rings. The average Bonchev–Trinajstić information content (AvgIpc) is 3.23. The minimum atomic E-state index is -1.00. The van der Waals surface area contributed by atoms with Gasteiger partial charge in [-0.3, -0.25) is 9.64 Å². The molecule has 4 rings (SSSR count). The van der Waals surface area contributed by atoms with Crippen LogP contribution in [0.1, 0.15) is 16.9 Å². The monoisotopic (exact) mass is 420 g/mol. The number of aromatic nitrogens is 4. The van der Waals surface area contributed by atoms with E-state index in [-0.39, 0.29) is 37.2 Å². The van der Waals surface area contributed by atoms with Crippen LogP contribution in [0.4, 0.5) is 10.2 Å². The van der Waals surface area contributed by atoms with Crippen molar-refractivity contribution < 1.29 is 9.18 Å². The molecule has 1 fully saturated rings. The summed E-state index contributed by atoms with van der Waals surface area (Å²) in [5, 5.41) is 9.89. The Morgan fingerprint density at radius 1 is 1.32 bits per heavy atom. The number of nitrogen functional groups attached to an aromatic ring is 1. The molecule has 1 aromatic carbocycles. The van der Waals surface area contributed by atoms with Crippen molar-refractivity contribution in [2.24, 2.45) is 0 Å². The minimum Gasteiger partial charge on any atom is -0.382 e. The Labute approximate surface area is 178 Å². The SMILES string of the molecule is [C-]#[N+]Cn1cc(-c2cccc(-c3cnc(N)c(C(=O)N[C@@H]4CNC[C@@H](F)C4)n3)c2)cn1. The second kappa shape index (κ2) is 8.89. The van der Waals surface area contributed by atoms with Gasteiger partial charge in [-0.2, -0.15) is 5.10 Å². The number of nitrogens with two attached hydrogens (primary N) is 1. The molecule has 0 bridgehead atoms. The minimum absolute atomic E-state index is 0.00811. The van der Waals surface area contributed by atoms with E-state index in [1.54, 1.807) is 17.1 Å². The molecule has 0 saturated carbocycles. The third-order valence-electron chi connectivity index (χ3n) is 4.99. The maximum Gasteiger partial charge on any atom is 0.307 e. The largest absolute Gasteiger partial charge is 0.382 e. The second-order valence-electron chi connectivity index (χ2n) is 7.30. The number of carbonyl (C=O) groups excluding carboxylic acids is 1. The van der Waals surface area contributed by atoms with Crippen LogP contribution in [0.3, 0.4) is 0 Å². The summed E-state index contributed by atoms with van der Waals surface area (Å²) < 4.78 is 15.1. The summed E-state index contributed by atoms with van der Waals surface area (Å²) in [5.74, 6) is -0.470. The maximum absolute atomic E-state index is 13.6. The molecule has 1 amide bonds. The summed E-state index contributed by atoms with van der Waals surface area (Å²) in [5.41, 5.74) is 8.89. The number of amides is 1. The van der Waals surface area contributed by atoms with Crippen LogP contribution in [0.15, 0.2) is 42.9 Å². The molecular formula is C21H21FN8O. The normalized spacial score (nSPS) is 18.3. The van der Waals surface area contributed by atoms with Crippen LogP contribution < -0.4 is 16.4 Å². The van der Waals surface area contributed by atoms with Crippen molar-refractivity contribution in [3.63, 3.8) is 0 Å². The van der Waals surface area contributed by atoms with Crippen LogP contribution in [0.2, 0.25) is 0 Å². The Bertz CT molecular complexity index is 1140. The van der Waals surface area contributed by atoms with Crippen molar-refractivity contribution in [2.75, 3.05) is 18.8 Å². The summed E-state index contributed by atoms with van der Waals surface area (Å²) in [6.45, 7) is 7.88. The molecule has 1 aliphatic rings. The van der Waals surface area contributed by atoms with E-state index in [1.165, 1.54) is 6.20 Å². The van der Waals surface area contributed by atoms with Gasteiger partial charge >= 0.3 is 6.67 Å². The van der Waals surface area contributed by atoms with Crippen LogP contribution in [-0.4, -0.2) is 51.0 Å². The number of rotatable bonds is 5. The molecule has 4 N–H and O–H groups in total. The molecule has 31 heavy (non-hydrogen) atoms. The molecule has 10 heteroatoms. The highest BCUT2D eigenvalue weighted by molar-refractivity contribution is 5.97. The third kappa shape index (κ3) is 4.67. The first-order valence-corrected chi connectivity index (χ1v) is 9.78. The molecule has 0 radical (unpaired) electrons. The van der Waals surface area contributed by atoms with Crippen molar-refractivity contribution in [3.8, 4) is 22.4 Å². The molecule has 1 aliphatic heterocycles. The number of nitrogens with zero attached hydrogens (tertiary/aromatic N) is 5. The van der Waals surface area contributed by atoms with Crippen LogP contribution >= 0.6 is 0 Å². The Hall–Kier alpha value is -3.84. The lowest BCUT2D eigenvalue weighted by Crippen LogP contribution is -2.49. The summed E-state index contributed by atoms with van der Waals surface area (Å²) in [6.07, 6.45) is 4.23. The molecule has 0 spiro atoms. The summed E-state index contributed by atoms with van der Waals surface area (Å²) in [4.78, 5) is 24.6. The van der Waals surface area contributed by atoms with Gasteiger partial charge in [0.15, 0.2) is 11.5 Å². The van der Waals surface area contributed by atoms with Gasteiger partial charge in [-0.15, -0.1) is 0 Å². The number of halogens is 1. The van der Waals surface area contributed by atoms with Gasteiger partial charge in [0, 0.05) is 42.9 Å². The third-order valence-corrected chi connectivity index (χ3v) is 4.99. The van der Waals surface area contributed by atoms with Gasteiger partial charge in [0.2, 0.25) is 0 Å². The summed E-state index contributed by atoms with van der Waals surface area (Å²) in [7, 11) is 0. The van der Waals surface area contributed by atoms with Crippen LogP contribution in [0, 0.1) is 6.57 Å². The molecular weight excluding hydrogens is 399 g/mol. The summed E-state index contributed by atoms with van der Waals surface area (Å²) in [6, 6.07) is 7.21. The fourth-order valence-electron chi connectivity index (χ4n) is 3.48. The fourth-order valence-corrected chi connectivity index (χ4v) is 3.48. The lowest BCUT2D eigenvalue weighted by Gasteiger charge is -2.26. The molecule has 1 saturated heterocycles. The van der Waals surface area contributed by atoms with E-state index in [2.05, 4.69) is 30.5 Å². The predicted octanol–water partition coefficient (Wildman–Crippen LogP) is 1.90. The van der Waals surface area contributed by atoms with Crippen LogP contribution in [0.25, 0.3) is 27.2 Å². The number of anilines is 1. The molecule has 158 valence electrons. The van der Waals surface area contributed by atoms with E-state index in [4.69, 9.17) is 12.3 Å². The second-order valence-corrected chi connectivity index (χ2v) is 7.30. The van der Waals surface area contributed by atoms with E-state index < -0.39 is 12.1 Å². The Kier molecular flexibility index (Phi) is 5.86. The van der Waals surface area contributed by atoms with Gasteiger partial charge in [-0.1, -0.05) is 18.2 Å². The highest BCUT2D eigenvalue weighted by Crippen LogP contribution is 2.25. The number of benzene rings is 1. The van der Waals surface area contributed by atoms with Crippen molar-refractivity contribution in [2.45, 2.75) is 25.3 Å². The molecule has 3 heterocycles. The Morgan fingerprint density at radius 2 is 2.16 bits per heavy atom. The van der Waals surface area contributed by atoms with E-state index in [9.17, 15) is 9.18 Å². The zero-order chi connectivity index (χ0) is 21.8. The number of alkyl halides is 1. The van der Waals surface area contributed by atoms with Gasteiger partial charge < -0.3 is 16.4 Å². The maximum atomic E-state index is 13.6. The Balaban J connectivity index is 1.57.